The van der Waals surface area contributed by atoms with Gasteiger partial charge in [0.1, 0.15) is 0 Å². The predicted molar refractivity (Wildman–Crippen MR) is 181 cm³/mol. The molecule has 2 heterocycles. The van der Waals surface area contributed by atoms with Crippen LogP contribution in [0.2, 0.25) is 0 Å². The van der Waals surface area contributed by atoms with E-state index in [1.807, 2.05) is 0 Å². The summed E-state index contributed by atoms with van der Waals surface area (Å²) in [5.41, 5.74) is 13.9. The first kappa shape index (κ1) is 24.3. The Hall–Kier alpha value is -5.34. The lowest BCUT2D eigenvalue weighted by Crippen LogP contribution is -2.15. The van der Waals surface area contributed by atoms with Crippen LogP contribution >= 0.6 is 0 Å². The molecule has 2 heteroatoms. The van der Waals surface area contributed by atoms with Crippen molar-refractivity contribution in [2.45, 2.75) is 19.3 Å². The molecule has 1 aliphatic carbocycles. The number of hydrogen-bond acceptors (Lipinski definition) is 0. The second-order valence-corrected chi connectivity index (χ2v) is 12.2. The summed E-state index contributed by atoms with van der Waals surface area (Å²) in [6.45, 7) is 4.72. The van der Waals surface area contributed by atoms with E-state index in [9.17, 15) is 0 Å². The van der Waals surface area contributed by atoms with Gasteiger partial charge in [-0.2, -0.15) is 0 Å². The van der Waals surface area contributed by atoms with Crippen LogP contribution in [0.15, 0.2) is 146 Å². The standard InChI is InChI=1S/C41H30N2/c1-41(2)36-19-11-9-17-30(36)31-22-21-29(25-37(31)41)43-38-20-12-10-18-32(38)33-23-24-34-35(27-13-5-3-6-14-27)26-42(39(34)40(33)43)28-15-7-4-8-16-28/h3-26H,1-2H3. The van der Waals surface area contributed by atoms with E-state index in [0.29, 0.717) is 0 Å². The van der Waals surface area contributed by atoms with E-state index in [0.717, 1.165) is 5.69 Å². The van der Waals surface area contributed by atoms with E-state index in [4.69, 9.17) is 0 Å². The van der Waals surface area contributed by atoms with Gasteiger partial charge in [0.05, 0.1) is 16.6 Å². The Morgan fingerprint density at radius 2 is 1.14 bits per heavy atom. The zero-order valence-electron chi connectivity index (χ0n) is 24.3. The fraction of sp³-hybridized carbons (Fsp3) is 0.0732. The lowest BCUT2D eigenvalue weighted by atomic mass is 9.82. The average Bonchev–Trinajstić information content (AvgIpc) is 3.68. The first-order valence-electron chi connectivity index (χ1n) is 15.0. The topological polar surface area (TPSA) is 9.86 Å². The first-order valence-corrected chi connectivity index (χ1v) is 15.0. The molecule has 9 rings (SSSR count). The van der Waals surface area contributed by atoms with Gasteiger partial charge < -0.3 is 9.13 Å². The lowest BCUT2D eigenvalue weighted by Gasteiger charge is -2.22. The third-order valence-corrected chi connectivity index (χ3v) is 9.54. The lowest BCUT2D eigenvalue weighted by molar-refractivity contribution is 0.660. The maximum atomic E-state index is 2.50. The number of para-hydroxylation sites is 2. The molecule has 1 aliphatic rings. The number of rotatable bonds is 3. The molecule has 0 unspecified atom stereocenters. The summed E-state index contributed by atoms with van der Waals surface area (Å²) in [6.07, 6.45) is 2.32. The van der Waals surface area contributed by atoms with E-state index in [-0.39, 0.29) is 5.41 Å². The molecule has 8 aromatic rings. The van der Waals surface area contributed by atoms with Gasteiger partial charge in [0, 0.05) is 44.7 Å². The monoisotopic (exact) mass is 550 g/mol. The number of fused-ring (bicyclic) bond motifs is 8. The minimum Gasteiger partial charge on any atom is -0.314 e. The van der Waals surface area contributed by atoms with Crippen LogP contribution in [0.4, 0.5) is 0 Å². The molecule has 43 heavy (non-hydrogen) atoms. The summed E-state index contributed by atoms with van der Waals surface area (Å²) >= 11 is 0. The fourth-order valence-electron chi connectivity index (χ4n) is 7.50. The Morgan fingerprint density at radius 1 is 0.465 bits per heavy atom. The van der Waals surface area contributed by atoms with Gasteiger partial charge in [-0.1, -0.05) is 123 Å². The highest BCUT2D eigenvalue weighted by Crippen LogP contribution is 2.50. The van der Waals surface area contributed by atoms with E-state index in [1.54, 1.807) is 0 Å². The molecule has 0 atom stereocenters. The number of aromatic nitrogens is 2. The Balaban J connectivity index is 1.42. The quantitative estimate of drug-likeness (QED) is 0.207. The van der Waals surface area contributed by atoms with Crippen molar-refractivity contribution >= 4 is 32.7 Å². The molecule has 0 saturated heterocycles. The molecule has 0 N–H and O–H groups in total. The van der Waals surface area contributed by atoms with E-state index in [2.05, 4.69) is 169 Å². The van der Waals surface area contributed by atoms with Crippen LogP contribution in [0, 0.1) is 0 Å². The van der Waals surface area contributed by atoms with Crippen LogP contribution in [0.3, 0.4) is 0 Å². The van der Waals surface area contributed by atoms with Crippen molar-refractivity contribution in [1.29, 1.82) is 0 Å². The minimum absolute atomic E-state index is 0.0687. The SMILES string of the molecule is CC1(C)c2ccccc2-c2ccc(-n3c4ccccc4c4ccc5c(-c6ccccc6)cn(-c6ccccc6)c5c43)cc21. The summed E-state index contributed by atoms with van der Waals surface area (Å²) < 4.78 is 4.89. The maximum Gasteiger partial charge on any atom is 0.0788 e. The second kappa shape index (κ2) is 8.83. The first-order chi connectivity index (χ1) is 21.1. The number of hydrogen-bond donors (Lipinski definition) is 0. The molecule has 6 aromatic carbocycles. The Bertz CT molecular complexity index is 2350. The van der Waals surface area contributed by atoms with Gasteiger partial charge in [0.15, 0.2) is 0 Å². The zero-order valence-corrected chi connectivity index (χ0v) is 24.3. The Morgan fingerprint density at radius 3 is 1.98 bits per heavy atom. The smallest absolute Gasteiger partial charge is 0.0788 e. The summed E-state index contributed by atoms with van der Waals surface area (Å²) in [5, 5.41) is 3.78. The van der Waals surface area contributed by atoms with Gasteiger partial charge in [-0.25, -0.2) is 0 Å². The highest BCUT2D eigenvalue weighted by Gasteiger charge is 2.35. The van der Waals surface area contributed by atoms with Gasteiger partial charge in [0.25, 0.3) is 0 Å². The summed E-state index contributed by atoms with van der Waals surface area (Å²) in [5.74, 6) is 0. The molecule has 0 spiro atoms. The number of nitrogens with zero attached hydrogens (tertiary/aromatic N) is 2. The highest BCUT2D eigenvalue weighted by atomic mass is 15.0. The summed E-state index contributed by atoms with van der Waals surface area (Å²) in [6, 6.07) is 51.0. The number of benzene rings is 6. The molecule has 0 saturated carbocycles. The average molecular weight is 551 g/mol. The van der Waals surface area contributed by atoms with Crippen molar-refractivity contribution < 1.29 is 0 Å². The van der Waals surface area contributed by atoms with Gasteiger partial charge in [-0.3, -0.25) is 0 Å². The van der Waals surface area contributed by atoms with Crippen molar-refractivity contribution in [2.75, 3.05) is 0 Å². The third-order valence-electron chi connectivity index (χ3n) is 9.54. The molecule has 0 amide bonds. The summed E-state index contributed by atoms with van der Waals surface area (Å²) in [7, 11) is 0. The summed E-state index contributed by atoms with van der Waals surface area (Å²) in [4.78, 5) is 0. The predicted octanol–water partition coefficient (Wildman–Crippen LogP) is 10.7. The normalized spacial score (nSPS) is 13.5. The zero-order chi connectivity index (χ0) is 28.7. The van der Waals surface area contributed by atoms with Crippen molar-refractivity contribution in [1.82, 2.24) is 9.13 Å². The molecule has 204 valence electrons. The molecule has 0 aliphatic heterocycles. The van der Waals surface area contributed by atoms with Crippen LogP contribution in [0.1, 0.15) is 25.0 Å². The van der Waals surface area contributed by atoms with E-state index >= 15 is 0 Å². The maximum absolute atomic E-state index is 2.50. The minimum atomic E-state index is -0.0687. The molecular weight excluding hydrogens is 520 g/mol. The van der Waals surface area contributed by atoms with Crippen LogP contribution in [-0.2, 0) is 5.41 Å². The van der Waals surface area contributed by atoms with Gasteiger partial charge in [-0.15, -0.1) is 0 Å². The fourth-order valence-corrected chi connectivity index (χ4v) is 7.50. The highest BCUT2D eigenvalue weighted by molar-refractivity contribution is 6.20. The van der Waals surface area contributed by atoms with Gasteiger partial charge >= 0.3 is 0 Å². The molecule has 0 radical (unpaired) electrons. The third kappa shape index (κ3) is 3.35. The molecule has 0 fully saturated rings. The van der Waals surface area contributed by atoms with Crippen LogP contribution in [-0.4, -0.2) is 9.13 Å². The van der Waals surface area contributed by atoms with Gasteiger partial charge in [-0.05, 0) is 58.1 Å². The van der Waals surface area contributed by atoms with Crippen LogP contribution in [0.5, 0.6) is 0 Å². The van der Waals surface area contributed by atoms with Gasteiger partial charge in [0.2, 0.25) is 0 Å². The second-order valence-electron chi connectivity index (χ2n) is 12.2. The molecule has 2 nitrogen and oxygen atoms in total. The van der Waals surface area contributed by atoms with Crippen molar-refractivity contribution in [3.8, 4) is 33.6 Å². The molecular formula is C41H30N2. The van der Waals surface area contributed by atoms with Crippen molar-refractivity contribution in [2.24, 2.45) is 0 Å². The molecule has 2 aromatic heterocycles. The van der Waals surface area contributed by atoms with E-state index in [1.165, 1.54) is 71.8 Å². The van der Waals surface area contributed by atoms with Crippen molar-refractivity contribution in [3.63, 3.8) is 0 Å². The Labute approximate surface area is 251 Å². The van der Waals surface area contributed by atoms with Crippen molar-refractivity contribution in [3.05, 3.63) is 157 Å². The molecule has 0 bridgehead atoms. The van der Waals surface area contributed by atoms with Crippen LogP contribution in [0.25, 0.3) is 66.3 Å². The van der Waals surface area contributed by atoms with E-state index < -0.39 is 0 Å². The Kier molecular flexibility index (Phi) is 4.99. The largest absolute Gasteiger partial charge is 0.314 e. The van der Waals surface area contributed by atoms with Crippen LogP contribution < -0.4 is 0 Å².